The number of ether oxygens (including phenoxy) is 1. The molecule has 5 heterocycles. The molecule has 7 heteroatoms. The topological polar surface area (TPSA) is 66.1 Å². The number of hydrogen-bond acceptors (Lipinski definition) is 6. The van der Waals surface area contributed by atoms with Gasteiger partial charge in [-0.1, -0.05) is 12.1 Å². The fourth-order valence-electron chi connectivity index (χ4n) is 6.72. The lowest BCUT2D eigenvalue weighted by molar-refractivity contribution is -0.0621. The van der Waals surface area contributed by atoms with Gasteiger partial charge in [0.25, 0.3) is 0 Å². The molecule has 0 radical (unpaired) electrons. The lowest BCUT2D eigenvalue weighted by Crippen LogP contribution is -2.66. The number of benzene rings is 1. The van der Waals surface area contributed by atoms with E-state index in [2.05, 4.69) is 40.6 Å². The highest BCUT2D eigenvalue weighted by Gasteiger charge is 2.65. The minimum absolute atomic E-state index is 0.0667. The Morgan fingerprint density at radius 1 is 1.32 bits per heavy atom. The summed E-state index contributed by atoms with van der Waals surface area (Å²) in [4.78, 5) is 7.39. The second-order valence-corrected chi connectivity index (χ2v) is 10.4. The van der Waals surface area contributed by atoms with Crippen LogP contribution in [0.3, 0.4) is 0 Å². The Morgan fingerprint density at radius 3 is 2.87 bits per heavy atom. The maximum Gasteiger partial charge on any atom is 0.149 e. The SMILES string of the molecule is CC1=CC(N2CC3(CCC3c3cccc(F)c3)C2)=CN2NC(C34CC(CO3)C4N)N=C12. The van der Waals surface area contributed by atoms with E-state index in [4.69, 9.17) is 15.5 Å². The summed E-state index contributed by atoms with van der Waals surface area (Å²) in [5.74, 6) is 1.78. The predicted molar refractivity (Wildman–Crippen MR) is 115 cm³/mol. The van der Waals surface area contributed by atoms with Crippen LogP contribution in [0.4, 0.5) is 4.39 Å². The monoisotopic (exact) mass is 421 g/mol. The van der Waals surface area contributed by atoms with Gasteiger partial charge in [0, 0.05) is 36.7 Å². The van der Waals surface area contributed by atoms with Crippen LogP contribution in [0.25, 0.3) is 0 Å². The number of rotatable bonds is 3. The largest absolute Gasteiger partial charge is 0.369 e. The van der Waals surface area contributed by atoms with E-state index >= 15 is 0 Å². The van der Waals surface area contributed by atoms with Gasteiger partial charge in [0.05, 0.1) is 12.3 Å². The first-order valence-electron chi connectivity index (χ1n) is 11.4. The van der Waals surface area contributed by atoms with Gasteiger partial charge in [-0.05, 0) is 61.4 Å². The summed E-state index contributed by atoms with van der Waals surface area (Å²) in [6.07, 6.45) is 7.63. The normalized spacial score (nSPS) is 39.3. The van der Waals surface area contributed by atoms with E-state index in [1.54, 1.807) is 6.07 Å². The van der Waals surface area contributed by atoms with Crippen LogP contribution >= 0.6 is 0 Å². The highest BCUT2D eigenvalue weighted by atomic mass is 19.1. The van der Waals surface area contributed by atoms with E-state index in [0.717, 1.165) is 49.5 Å². The smallest absolute Gasteiger partial charge is 0.149 e. The fraction of sp³-hybridized carbons (Fsp3) is 0.542. The maximum absolute atomic E-state index is 13.7. The number of aliphatic imine (C=N–C) groups is 1. The first-order valence-corrected chi connectivity index (χ1v) is 11.4. The van der Waals surface area contributed by atoms with Gasteiger partial charge in [-0.3, -0.25) is 5.01 Å². The quantitative estimate of drug-likeness (QED) is 0.785. The average Bonchev–Trinajstić information content (AvgIpc) is 3.39. The molecule has 31 heavy (non-hydrogen) atoms. The number of halogens is 1. The summed E-state index contributed by atoms with van der Waals surface area (Å²) in [6.45, 7) is 4.91. The first-order chi connectivity index (χ1) is 15.0. The maximum atomic E-state index is 13.7. The van der Waals surface area contributed by atoms with Gasteiger partial charge < -0.3 is 15.4 Å². The molecule has 8 rings (SSSR count). The lowest BCUT2D eigenvalue weighted by atomic mass is 9.53. The van der Waals surface area contributed by atoms with Crippen molar-refractivity contribution in [3.63, 3.8) is 0 Å². The second kappa shape index (κ2) is 5.97. The van der Waals surface area contributed by atoms with Crippen LogP contribution in [0.15, 0.2) is 52.8 Å². The number of hydrazine groups is 1. The van der Waals surface area contributed by atoms with E-state index < -0.39 is 0 Å². The van der Waals surface area contributed by atoms with Crippen molar-refractivity contribution in [2.24, 2.45) is 22.1 Å². The summed E-state index contributed by atoms with van der Waals surface area (Å²) >= 11 is 0. The highest BCUT2D eigenvalue weighted by Crippen LogP contribution is 2.59. The molecule has 5 atom stereocenters. The van der Waals surface area contributed by atoms with Crippen molar-refractivity contribution in [1.29, 1.82) is 0 Å². The summed E-state index contributed by atoms with van der Waals surface area (Å²) in [6, 6.07) is 7.23. The molecule has 2 bridgehead atoms. The van der Waals surface area contributed by atoms with Crippen LogP contribution in [0.5, 0.6) is 0 Å². The van der Waals surface area contributed by atoms with Crippen molar-refractivity contribution >= 4 is 5.84 Å². The molecular weight excluding hydrogens is 393 g/mol. The van der Waals surface area contributed by atoms with Crippen molar-refractivity contribution < 1.29 is 9.13 Å². The third kappa shape index (κ3) is 2.34. The van der Waals surface area contributed by atoms with Crippen LogP contribution in [0.1, 0.15) is 37.7 Å². The molecule has 2 aliphatic carbocycles. The van der Waals surface area contributed by atoms with Crippen molar-refractivity contribution in [2.45, 2.75) is 49.9 Å². The van der Waals surface area contributed by atoms with Gasteiger partial charge in [-0.15, -0.1) is 0 Å². The Labute approximate surface area is 181 Å². The van der Waals surface area contributed by atoms with Gasteiger partial charge >= 0.3 is 0 Å². The van der Waals surface area contributed by atoms with Gasteiger partial charge in [0.1, 0.15) is 23.4 Å². The highest BCUT2D eigenvalue weighted by molar-refractivity contribution is 6.00. The first kappa shape index (κ1) is 18.4. The molecule has 0 aromatic heterocycles. The molecule has 1 aromatic rings. The van der Waals surface area contributed by atoms with E-state index in [-0.39, 0.29) is 29.0 Å². The Bertz CT molecular complexity index is 1060. The van der Waals surface area contributed by atoms with Crippen molar-refractivity contribution in [1.82, 2.24) is 15.3 Å². The van der Waals surface area contributed by atoms with Crippen LogP contribution in [0.2, 0.25) is 0 Å². The van der Waals surface area contributed by atoms with Crippen molar-refractivity contribution in [3.8, 4) is 0 Å². The van der Waals surface area contributed by atoms with E-state index in [9.17, 15) is 4.39 Å². The number of hydrogen-bond donors (Lipinski definition) is 2. The molecule has 5 fully saturated rings. The zero-order valence-electron chi connectivity index (χ0n) is 17.7. The summed E-state index contributed by atoms with van der Waals surface area (Å²) < 4.78 is 19.8. The van der Waals surface area contributed by atoms with Crippen LogP contribution in [0, 0.1) is 17.2 Å². The average molecular weight is 422 g/mol. The fourth-order valence-corrected chi connectivity index (χ4v) is 6.72. The molecule has 3 N–H and O–H groups in total. The Balaban J connectivity index is 1.08. The Hall–Kier alpha value is -2.22. The van der Waals surface area contributed by atoms with E-state index in [1.807, 2.05) is 6.07 Å². The van der Waals surface area contributed by atoms with Gasteiger partial charge in [0.2, 0.25) is 0 Å². The van der Waals surface area contributed by atoms with Crippen LogP contribution in [-0.2, 0) is 4.74 Å². The number of amidine groups is 1. The molecule has 1 aromatic carbocycles. The lowest BCUT2D eigenvalue weighted by Gasteiger charge is -2.62. The van der Waals surface area contributed by atoms with Gasteiger partial charge in [0.15, 0.2) is 0 Å². The molecule has 0 amide bonds. The molecule has 3 saturated heterocycles. The number of nitrogens with zero attached hydrogens (tertiary/aromatic N) is 3. The summed E-state index contributed by atoms with van der Waals surface area (Å²) in [5, 5.41) is 2.06. The van der Waals surface area contributed by atoms with Crippen LogP contribution < -0.4 is 11.2 Å². The van der Waals surface area contributed by atoms with Gasteiger partial charge in [-0.25, -0.2) is 14.8 Å². The minimum Gasteiger partial charge on any atom is -0.369 e. The third-order valence-electron chi connectivity index (χ3n) is 8.70. The molecule has 6 nitrogen and oxygen atoms in total. The molecule has 162 valence electrons. The zero-order valence-corrected chi connectivity index (χ0v) is 17.7. The molecule has 2 saturated carbocycles. The van der Waals surface area contributed by atoms with Crippen LogP contribution in [-0.4, -0.2) is 53.2 Å². The Morgan fingerprint density at radius 2 is 2.19 bits per heavy atom. The molecular formula is C24H28FN5O. The number of nitrogens with two attached hydrogens (primary N) is 1. The zero-order chi connectivity index (χ0) is 21.0. The standard InChI is InChI=1S/C24H28FN5O/c1-14-7-18(10-30-21(14)27-22(28-30)24-9-16(11-31-24)20(24)26)29-12-23(13-29)6-5-19(23)15-3-2-4-17(25)8-15/h2-4,7-8,10,16,19-20,22,28H,5-6,9,11-13,26H2,1H3. The molecule has 5 unspecified atom stereocenters. The summed E-state index contributed by atoms with van der Waals surface area (Å²) in [7, 11) is 0. The predicted octanol–water partition coefficient (Wildman–Crippen LogP) is 2.47. The molecule has 1 spiro atoms. The van der Waals surface area contributed by atoms with Crippen molar-refractivity contribution in [2.75, 3.05) is 19.7 Å². The third-order valence-corrected chi connectivity index (χ3v) is 8.70. The van der Waals surface area contributed by atoms with Crippen molar-refractivity contribution in [3.05, 3.63) is 59.2 Å². The second-order valence-electron chi connectivity index (χ2n) is 10.4. The van der Waals surface area contributed by atoms with E-state index in [0.29, 0.717) is 11.8 Å². The molecule has 5 aliphatic heterocycles. The number of fused-ring (bicyclic) bond motifs is 2. The summed E-state index contributed by atoms with van der Waals surface area (Å²) in [5.41, 5.74) is 13.4. The molecule has 7 aliphatic rings. The van der Waals surface area contributed by atoms with E-state index in [1.165, 1.54) is 18.2 Å². The van der Waals surface area contributed by atoms with Gasteiger partial charge in [-0.2, -0.15) is 0 Å². The Kier molecular flexibility index (Phi) is 3.53. The number of nitrogens with one attached hydrogen (secondary N) is 1. The number of likely N-dealkylation sites (tertiary alicyclic amines) is 1. The number of allylic oxidation sites excluding steroid dienone is 1. The minimum atomic E-state index is -0.353.